The molecule has 0 radical (unpaired) electrons. The number of piperazine rings is 1. The van der Waals surface area contributed by atoms with Gasteiger partial charge in [0.1, 0.15) is 5.82 Å². The lowest BCUT2D eigenvalue weighted by Gasteiger charge is -2.27. The van der Waals surface area contributed by atoms with Crippen molar-refractivity contribution >= 4 is 50.5 Å². The van der Waals surface area contributed by atoms with Crippen LogP contribution in [0.5, 0.6) is 0 Å². The molecule has 0 spiro atoms. The Bertz CT molecular complexity index is 787. The highest BCUT2D eigenvalue weighted by Gasteiger charge is 2.18. The van der Waals surface area contributed by atoms with Crippen molar-refractivity contribution in [2.24, 2.45) is 0 Å². The molecule has 0 atom stereocenters. The van der Waals surface area contributed by atoms with E-state index in [1.807, 2.05) is 4.72 Å². The van der Waals surface area contributed by atoms with Crippen LogP contribution in [-0.2, 0) is 20.0 Å². The van der Waals surface area contributed by atoms with Crippen molar-refractivity contribution in [3.8, 4) is 0 Å². The molecule has 1 saturated heterocycles. The molecule has 1 aliphatic heterocycles. The third kappa shape index (κ3) is 7.91. The molecule has 26 heavy (non-hydrogen) atoms. The summed E-state index contributed by atoms with van der Waals surface area (Å²) in [6.07, 6.45) is 0.884. The quantitative estimate of drug-likeness (QED) is 0.546. The van der Waals surface area contributed by atoms with Gasteiger partial charge in [0.2, 0.25) is 20.0 Å². The summed E-state index contributed by atoms with van der Waals surface area (Å²) in [6.45, 7) is 4.22. The van der Waals surface area contributed by atoms with E-state index in [-0.39, 0.29) is 41.9 Å². The van der Waals surface area contributed by atoms with E-state index in [2.05, 4.69) is 14.9 Å². The first-order valence-corrected chi connectivity index (χ1v) is 10.7. The summed E-state index contributed by atoms with van der Waals surface area (Å²) < 4.78 is 64.9. The Morgan fingerprint density at radius 2 is 1.77 bits per heavy atom. The van der Waals surface area contributed by atoms with Gasteiger partial charge in [0, 0.05) is 39.3 Å². The molecule has 152 valence electrons. The maximum absolute atomic E-state index is 13.9. The smallest absolute Gasteiger partial charge is 0.240 e. The number of benzene rings is 1. The second-order valence-electron chi connectivity index (χ2n) is 5.51. The second kappa shape index (κ2) is 10.6. The molecular weight excluding hydrogens is 430 g/mol. The first-order valence-electron chi connectivity index (χ1n) is 7.37. The van der Waals surface area contributed by atoms with Crippen molar-refractivity contribution in [1.29, 1.82) is 0 Å². The van der Waals surface area contributed by atoms with Gasteiger partial charge in [0.05, 0.1) is 16.8 Å². The molecule has 2 rings (SSSR count). The molecule has 3 N–H and O–H groups in total. The van der Waals surface area contributed by atoms with Crippen molar-refractivity contribution in [3.05, 3.63) is 24.0 Å². The number of halogens is 3. The third-order valence-corrected chi connectivity index (χ3v) is 5.53. The van der Waals surface area contributed by atoms with Crippen molar-refractivity contribution in [3.63, 3.8) is 0 Å². The van der Waals surface area contributed by atoms with Gasteiger partial charge in [0.25, 0.3) is 0 Å². The summed E-state index contributed by atoms with van der Waals surface area (Å²) in [5.41, 5.74) is -0.294. The molecule has 1 aliphatic rings. The molecule has 1 aromatic rings. The Hall–Kier alpha value is -0.690. The van der Waals surface area contributed by atoms with Crippen LogP contribution in [-0.4, -0.2) is 67.3 Å². The number of rotatable bonds is 7. The Balaban J connectivity index is 0.00000312. The van der Waals surface area contributed by atoms with Gasteiger partial charge in [-0.15, -0.1) is 24.8 Å². The monoisotopic (exact) mass is 452 g/mol. The fourth-order valence-electron chi connectivity index (χ4n) is 2.30. The zero-order chi connectivity index (χ0) is 17.8. The molecule has 1 heterocycles. The topological polar surface area (TPSA) is 108 Å². The van der Waals surface area contributed by atoms with Crippen LogP contribution in [0.4, 0.5) is 10.1 Å². The van der Waals surface area contributed by atoms with E-state index in [0.717, 1.165) is 50.6 Å². The SMILES string of the molecule is CS(=O)(=O)Nc1ccc(S(=O)(=O)NCCN2CCNCC2)cc1F.Cl.Cl. The highest BCUT2D eigenvalue weighted by molar-refractivity contribution is 7.92. The zero-order valence-electron chi connectivity index (χ0n) is 14.1. The Labute approximate surface area is 165 Å². The van der Waals surface area contributed by atoms with E-state index >= 15 is 0 Å². The van der Waals surface area contributed by atoms with Crippen LogP contribution in [0.2, 0.25) is 0 Å². The predicted molar refractivity (Wildman–Crippen MR) is 104 cm³/mol. The molecule has 0 bridgehead atoms. The number of sulfonamides is 2. The fourth-order valence-corrected chi connectivity index (χ4v) is 3.90. The summed E-state index contributed by atoms with van der Waals surface area (Å²) in [5.74, 6) is -0.953. The largest absolute Gasteiger partial charge is 0.314 e. The van der Waals surface area contributed by atoms with Gasteiger partial charge < -0.3 is 5.32 Å². The van der Waals surface area contributed by atoms with E-state index in [9.17, 15) is 21.2 Å². The lowest BCUT2D eigenvalue weighted by Crippen LogP contribution is -2.46. The van der Waals surface area contributed by atoms with Crippen molar-refractivity contribution in [1.82, 2.24) is 14.9 Å². The molecule has 0 amide bonds. The van der Waals surface area contributed by atoms with Gasteiger partial charge in [-0.1, -0.05) is 0 Å². The Morgan fingerprint density at radius 3 is 2.31 bits per heavy atom. The average Bonchev–Trinajstić information content (AvgIpc) is 2.49. The van der Waals surface area contributed by atoms with Crippen LogP contribution < -0.4 is 14.8 Å². The van der Waals surface area contributed by atoms with Gasteiger partial charge in [-0.25, -0.2) is 25.9 Å². The molecule has 13 heteroatoms. The average molecular weight is 453 g/mol. The highest BCUT2D eigenvalue weighted by Crippen LogP contribution is 2.19. The minimum atomic E-state index is -3.85. The van der Waals surface area contributed by atoms with Crippen LogP contribution >= 0.6 is 24.8 Å². The normalized spacial score (nSPS) is 15.6. The highest BCUT2D eigenvalue weighted by atomic mass is 35.5. The second-order valence-corrected chi connectivity index (χ2v) is 9.02. The zero-order valence-corrected chi connectivity index (χ0v) is 17.3. The predicted octanol–water partition coefficient (Wildman–Crippen LogP) is 0.224. The summed E-state index contributed by atoms with van der Waals surface area (Å²) in [5, 5.41) is 3.20. The lowest BCUT2D eigenvalue weighted by molar-refractivity contribution is 0.245. The van der Waals surface area contributed by atoms with E-state index in [4.69, 9.17) is 0 Å². The van der Waals surface area contributed by atoms with E-state index in [0.29, 0.717) is 6.54 Å². The molecular formula is C13H23Cl2FN4O4S2. The molecule has 0 aliphatic carbocycles. The molecule has 0 saturated carbocycles. The van der Waals surface area contributed by atoms with E-state index in [1.165, 1.54) is 0 Å². The van der Waals surface area contributed by atoms with E-state index in [1.54, 1.807) is 0 Å². The summed E-state index contributed by atoms with van der Waals surface area (Å²) >= 11 is 0. The van der Waals surface area contributed by atoms with E-state index < -0.39 is 25.9 Å². The van der Waals surface area contributed by atoms with Crippen LogP contribution in [0.1, 0.15) is 0 Å². The first-order chi connectivity index (χ1) is 11.2. The van der Waals surface area contributed by atoms with Crippen molar-refractivity contribution < 1.29 is 21.2 Å². The van der Waals surface area contributed by atoms with Crippen LogP contribution in [0.25, 0.3) is 0 Å². The number of nitrogens with one attached hydrogen (secondary N) is 3. The minimum Gasteiger partial charge on any atom is -0.314 e. The Kier molecular flexibility index (Phi) is 10.3. The van der Waals surface area contributed by atoms with Gasteiger partial charge in [-0.3, -0.25) is 9.62 Å². The number of anilines is 1. The van der Waals surface area contributed by atoms with Crippen LogP contribution in [0, 0.1) is 5.82 Å². The van der Waals surface area contributed by atoms with Gasteiger partial charge in [0.15, 0.2) is 0 Å². The first kappa shape index (κ1) is 25.3. The fraction of sp³-hybridized carbons (Fsp3) is 0.538. The maximum Gasteiger partial charge on any atom is 0.240 e. The molecule has 8 nitrogen and oxygen atoms in total. The minimum absolute atomic E-state index is 0. The lowest BCUT2D eigenvalue weighted by atomic mass is 10.3. The van der Waals surface area contributed by atoms with Crippen molar-refractivity contribution in [2.45, 2.75) is 4.90 Å². The standard InChI is InChI=1S/C13H21FN4O4S2.2ClH/c1-23(19,20)17-13-3-2-11(10-12(13)14)24(21,22)16-6-9-18-7-4-15-5-8-18;;/h2-3,10,15-17H,4-9H2,1H3;2*1H. The number of nitrogens with zero attached hydrogens (tertiary/aromatic N) is 1. The summed E-state index contributed by atoms with van der Waals surface area (Å²) in [7, 11) is -7.49. The number of hydrogen-bond donors (Lipinski definition) is 3. The molecule has 1 aromatic carbocycles. The summed E-state index contributed by atoms with van der Waals surface area (Å²) in [6, 6.07) is 3.03. The Morgan fingerprint density at radius 1 is 1.15 bits per heavy atom. The molecule has 0 unspecified atom stereocenters. The van der Waals surface area contributed by atoms with Gasteiger partial charge in [-0.2, -0.15) is 0 Å². The van der Waals surface area contributed by atoms with Gasteiger partial charge >= 0.3 is 0 Å². The summed E-state index contributed by atoms with van der Waals surface area (Å²) in [4.78, 5) is 1.87. The van der Waals surface area contributed by atoms with Crippen LogP contribution in [0.3, 0.4) is 0 Å². The maximum atomic E-state index is 13.9. The van der Waals surface area contributed by atoms with Crippen molar-refractivity contribution in [2.75, 3.05) is 50.2 Å². The third-order valence-electron chi connectivity index (χ3n) is 3.48. The van der Waals surface area contributed by atoms with Crippen LogP contribution in [0.15, 0.2) is 23.1 Å². The van der Waals surface area contributed by atoms with Gasteiger partial charge in [-0.05, 0) is 18.2 Å². The number of hydrogen-bond acceptors (Lipinski definition) is 6. The molecule has 1 fully saturated rings. The molecule has 0 aromatic heterocycles.